The number of benzene rings is 6. The van der Waals surface area contributed by atoms with Gasteiger partial charge in [-0.1, -0.05) is 115 Å². The van der Waals surface area contributed by atoms with Crippen LogP contribution in [0.3, 0.4) is 0 Å². The van der Waals surface area contributed by atoms with Crippen LogP contribution in [0.15, 0.2) is 152 Å². The first-order chi connectivity index (χ1) is 23.7. The Kier molecular flexibility index (Phi) is 6.58. The van der Waals surface area contributed by atoms with Crippen LogP contribution in [-0.4, -0.2) is 15.0 Å². The van der Waals surface area contributed by atoms with Gasteiger partial charge in [-0.2, -0.15) is 0 Å². The molecule has 226 valence electrons. The van der Waals surface area contributed by atoms with Crippen molar-refractivity contribution < 1.29 is 0 Å². The van der Waals surface area contributed by atoms with E-state index in [-0.39, 0.29) is 0 Å². The van der Waals surface area contributed by atoms with Gasteiger partial charge >= 0.3 is 0 Å². The molecule has 6 aromatic carbocycles. The third kappa shape index (κ3) is 4.47. The highest BCUT2D eigenvalue weighted by molar-refractivity contribution is 6.25. The SMILES string of the molecule is Cc1c2c(-c3ccccc3)nc3cc(-c4ccncc4)ccc3c2c(C)c2c(-c3ccccc3)nc3cc(-c4ccccc4)ccc3c12. The van der Waals surface area contributed by atoms with Gasteiger partial charge in [0.25, 0.3) is 0 Å². The topological polar surface area (TPSA) is 38.7 Å². The second kappa shape index (κ2) is 11.3. The summed E-state index contributed by atoms with van der Waals surface area (Å²) in [6.07, 6.45) is 3.68. The molecule has 0 aliphatic carbocycles. The van der Waals surface area contributed by atoms with Gasteiger partial charge in [0.1, 0.15) is 0 Å². The molecular formula is C45H31N3. The summed E-state index contributed by atoms with van der Waals surface area (Å²) in [7, 11) is 0. The number of hydrogen-bond acceptors (Lipinski definition) is 3. The Hall–Kier alpha value is -6.19. The van der Waals surface area contributed by atoms with Gasteiger partial charge < -0.3 is 0 Å². The van der Waals surface area contributed by atoms with Crippen LogP contribution in [0.25, 0.3) is 88.1 Å². The normalized spacial score (nSPS) is 11.5. The smallest absolute Gasteiger partial charge is 0.0791 e. The van der Waals surface area contributed by atoms with Crippen molar-refractivity contribution in [1.82, 2.24) is 15.0 Å². The van der Waals surface area contributed by atoms with Crippen molar-refractivity contribution in [3.05, 3.63) is 163 Å². The highest BCUT2D eigenvalue weighted by Gasteiger charge is 2.23. The van der Waals surface area contributed by atoms with Crippen molar-refractivity contribution in [3.8, 4) is 44.8 Å². The van der Waals surface area contributed by atoms with E-state index in [9.17, 15) is 0 Å². The molecule has 9 rings (SSSR count). The molecule has 0 radical (unpaired) electrons. The van der Waals surface area contributed by atoms with Crippen LogP contribution in [0.4, 0.5) is 0 Å². The third-order valence-corrected chi connectivity index (χ3v) is 9.69. The number of aryl methyl sites for hydroxylation is 2. The minimum absolute atomic E-state index is 0.972. The fourth-order valence-electron chi connectivity index (χ4n) is 7.43. The first kappa shape index (κ1) is 28.1. The molecule has 3 nitrogen and oxygen atoms in total. The molecule has 3 heteroatoms. The summed E-state index contributed by atoms with van der Waals surface area (Å²) in [5.74, 6) is 0. The minimum atomic E-state index is 0.972. The van der Waals surface area contributed by atoms with Crippen LogP contribution in [0.1, 0.15) is 11.1 Å². The predicted molar refractivity (Wildman–Crippen MR) is 201 cm³/mol. The third-order valence-electron chi connectivity index (χ3n) is 9.69. The average Bonchev–Trinajstić information content (AvgIpc) is 3.16. The second-order valence-electron chi connectivity index (χ2n) is 12.5. The van der Waals surface area contributed by atoms with Crippen LogP contribution in [-0.2, 0) is 0 Å². The largest absolute Gasteiger partial charge is 0.265 e. The van der Waals surface area contributed by atoms with Crippen molar-refractivity contribution in [2.75, 3.05) is 0 Å². The molecule has 0 fully saturated rings. The minimum Gasteiger partial charge on any atom is -0.265 e. The molecule has 9 aromatic rings. The lowest BCUT2D eigenvalue weighted by molar-refractivity contribution is 1.33. The molecule has 0 unspecified atom stereocenters. The van der Waals surface area contributed by atoms with E-state index in [1.54, 1.807) is 0 Å². The Morgan fingerprint density at radius 1 is 0.354 bits per heavy atom. The van der Waals surface area contributed by atoms with Crippen LogP contribution < -0.4 is 0 Å². The lowest BCUT2D eigenvalue weighted by Crippen LogP contribution is -1.99. The number of rotatable bonds is 4. The summed E-state index contributed by atoms with van der Waals surface area (Å²) in [4.78, 5) is 15.1. The monoisotopic (exact) mass is 613 g/mol. The van der Waals surface area contributed by atoms with E-state index >= 15 is 0 Å². The van der Waals surface area contributed by atoms with E-state index in [4.69, 9.17) is 9.97 Å². The Morgan fingerprint density at radius 3 is 1.19 bits per heavy atom. The fraction of sp³-hybridized carbons (Fsp3) is 0.0444. The maximum Gasteiger partial charge on any atom is 0.0791 e. The van der Waals surface area contributed by atoms with E-state index in [0.29, 0.717) is 0 Å². The van der Waals surface area contributed by atoms with Crippen molar-refractivity contribution >= 4 is 43.4 Å². The van der Waals surface area contributed by atoms with E-state index in [0.717, 1.165) is 61.0 Å². The van der Waals surface area contributed by atoms with Crippen LogP contribution in [0, 0.1) is 13.8 Å². The van der Waals surface area contributed by atoms with Crippen molar-refractivity contribution in [1.29, 1.82) is 0 Å². The van der Waals surface area contributed by atoms with Gasteiger partial charge in [0, 0.05) is 45.1 Å². The number of aromatic nitrogens is 3. The Bertz CT molecular complexity index is 2460. The number of fused-ring (bicyclic) bond motifs is 6. The van der Waals surface area contributed by atoms with Gasteiger partial charge in [-0.05, 0) is 82.3 Å². The van der Waals surface area contributed by atoms with E-state index < -0.39 is 0 Å². The molecule has 0 saturated heterocycles. The van der Waals surface area contributed by atoms with Crippen LogP contribution >= 0.6 is 0 Å². The van der Waals surface area contributed by atoms with Gasteiger partial charge in [-0.25, -0.2) is 9.97 Å². The van der Waals surface area contributed by atoms with Gasteiger partial charge in [0.15, 0.2) is 0 Å². The fourth-order valence-corrected chi connectivity index (χ4v) is 7.43. The first-order valence-electron chi connectivity index (χ1n) is 16.4. The van der Waals surface area contributed by atoms with Crippen LogP contribution in [0.2, 0.25) is 0 Å². The Morgan fingerprint density at radius 2 is 0.750 bits per heavy atom. The zero-order chi connectivity index (χ0) is 32.2. The molecule has 0 bridgehead atoms. The molecular weight excluding hydrogens is 583 g/mol. The van der Waals surface area contributed by atoms with E-state index in [1.165, 1.54) is 38.2 Å². The Labute approximate surface area is 279 Å². The Balaban J connectivity index is 1.46. The van der Waals surface area contributed by atoms with E-state index in [1.807, 2.05) is 12.4 Å². The summed E-state index contributed by atoms with van der Waals surface area (Å²) in [5, 5.41) is 7.13. The van der Waals surface area contributed by atoms with Gasteiger partial charge in [0.2, 0.25) is 0 Å². The second-order valence-corrected chi connectivity index (χ2v) is 12.5. The van der Waals surface area contributed by atoms with Crippen molar-refractivity contribution in [3.63, 3.8) is 0 Å². The van der Waals surface area contributed by atoms with Crippen molar-refractivity contribution in [2.45, 2.75) is 13.8 Å². The number of pyridine rings is 3. The zero-order valence-electron chi connectivity index (χ0n) is 26.8. The summed E-state index contributed by atoms with van der Waals surface area (Å²) in [5.41, 5.74) is 13.2. The summed E-state index contributed by atoms with van der Waals surface area (Å²) >= 11 is 0. The molecule has 0 amide bonds. The molecule has 0 aliphatic heterocycles. The predicted octanol–water partition coefficient (Wildman–Crippen LogP) is 11.8. The molecule has 0 spiro atoms. The maximum absolute atomic E-state index is 5.46. The summed E-state index contributed by atoms with van der Waals surface area (Å²) < 4.78 is 0. The first-order valence-corrected chi connectivity index (χ1v) is 16.4. The number of hydrogen-bond donors (Lipinski definition) is 0. The number of nitrogens with zero attached hydrogens (tertiary/aromatic N) is 3. The molecule has 0 saturated carbocycles. The lowest BCUT2D eigenvalue weighted by atomic mass is 9.85. The van der Waals surface area contributed by atoms with E-state index in [2.05, 4.69) is 158 Å². The van der Waals surface area contributed by atoms with Gasteiger partial charge in [0.05, 0.1) is 22.4 Å². The molecule has 0 aliphatic rings. The van der Waals surface area contributed by atoms with Gasteiger partial charge in [-0.15, -0.1) is 0 Å². The summed E-state index contributed by atoms with van der Waals surface area (Å²) in [6, 6.07) is 49.3. The van der Waals surface area contributed by atoms with Gasteiger partial charge in [-0.3, -0.25) is 4.98 Å². The highest BCUT2D eigenvalue weighted by atomic mass is 14.7. The maximum atomic E-state index is 5.46. The molecule has 0 atom stereocenters. The average molecular weight is 614 g/mol. The molecule has 0 N–H and O–H groups in total. The summed E-state index contributed by atoms with van der Waals surface area (Å²) in [6.45, 7) is 4.54. The highest BCUT2D eigenvalue weighted by Crippen LogP contribution is 2.46. The quantitative estimate of drug-likeness (QED) is 0.146. The van der Waals surface area contributed by atoms with Crippen molar-refractivity contribution in [2.24, 2.45) is 0 Å². The standard InChI is InChI=1S/C45H31N3/c1-28-40-36-20-18-34(30-12-6-3-7-13-30)26-38(36)47-44(32-14-8-4-9-15-32)42(40)29(2)41-37-21-19-35(31-22-24-46-25-23-31)27-39(37)48-45(43(28)41)33-16-10-5-11-17-33/h3-27H,1-2H3. The van der Waals surface area contributed by atoms with Crippen LogP contribution in [0.5, 0.6) is 0 Å². The molecule has 3 aromatic heterocycles. The molecule has 48 heavy (non-hydrogen) atoms. The zero-order valence-corrected chi connectivity index (χ0v) is 26.8. The lowest BCUT2D eigenvalue weighted by Gasteiger charge is -2.21. The molecule has 3 heterocycles.